The smallest absolute Gasteiger partial charge is 0.264 e. The number of aryl methyl sites for hydroxylation is 1. The van der Waals surface area contributed by atoms with Gasteiger partial charge in [0.2, 0.25) is 0 Å². The van der Waals surface area contributed by atoms with Crippen molar-refractivity contribution in [1.82, 2.24) is 0 Å². The van der Waals surface area contributed by atoms with Crippen LogP contribution in [0, 0.1) is 6.92 Å². The Bertz CT molecular complexity index is 488. The summed E-state index contributed by atoms with van der Waals surface area (Å²) < 4.78 is 53.8. The molecule has 0 aliphatic carbocycles. The molecule has 0 saturated heterocycles. The third-order valence-electron chi connectivity index (χ3n) is 1.67. The van der Waals surface area contributed by atoms with Crippen LogP contribution in [-0.2, 0) is 20.2 Å². The zero-order chi connectivity index (χ0) is 15.5. The fourth-order valence-electron chi connectivity index (χ4n) is 0.534. The van der Waals surface area contributed by atoms with Crippen molar-refractivity contribution < 1.29 is 25.9 Å². The van der Waals surface area contributed by atoms with Crippen LogP contribution in [0.3, 0.4) is 0 Å². The zero-order valence-corrected chi connectivity index (χ0v) is 12.8. The van der Waals surface area contributed by atoms with E-state index in [1.807, 2.05) is 18.2 Å². The molecule has 8 heteroatoms. The Morgan fingerprint density at radius 1 is 0.842 bits per heavy atom. The zero-order valence-electron chi connectivity index (χ0n) is 11.1. The van der Waals surface area contributed by atoms with Crippen LogP contribution in [0.25, 0.3) is 0 Å². The molecule has 0 aromatic heterocycles. The van der Waals surface area contributed by atoms with E-state index in [1.165, 1.54) is 19.4 Å². The first kappa shape index (κ1) is 20.4. The Hall–Kier alpha value is -0.960. The van der Waals surface area contributed by atoms with E-state index in [0.717, 1.165) is 0 Å². The average Bonchev–Trinajstić information content (AvgIpc) is 2.30. The molecule has 0 saturated carbocycles. The third-order valence-corrected chi connectivity index (χ3v) is 3.13. The second-order valence-corrected chi connectivity index (χ2v) is 6.88. The molecule has 1 aromatic rings. The lowest BCUT2D eigenvalue weighted by Crippen LogP contribution is -1.97. The van der Waals surface area contributed by atoms with Gasteiger partial charge in [0.1, 0.15) is 0 Å². The van der Waals surface area contributed by atoms with Crippen molar-refractivity contribution in [2.45, 2.75) is 20.8 Å². The summed E-state index contributed by atoms with van der Waals surface area (Å²) in [5.74, 6) is -0.403. The highest BCUT2D eigenvalue weighted by Gasteiger charge is 1.93. The molecule has 0 bridgehead atoms. The van der Waals surface area contributed by atoms with Crippen LogP contribution in [0.4, 0.5) is 0 Å². The molecule has 0 heterocycles. The van der Waals surface area contributed by atoms with Gasteiger partial charge in [-0.3, -0.25) is 9.11 Å². The van der Waals surface area contributed by atoms with Crippen molar-refractivity contribution in [3.63, 3.8) is 0 Å². The van der Waals surface area contributed by atoms with Gasteiger partial charge in [0.25, 0.3) is 20.2 Å². The molecular weight excluding hydrogens is 292 g/mol. The number of hydrogen-bond donors (Lipinski definition) is 2. The van der Waals surface area contributed by atoms with Gasteiger partial charge in [-0.2, -0.15) is 16.8 Å². The van der Waals surface area contributed by atoms with Crippen molar-refractivity contribution in [3.8, 4) is 0 Å². The Labute approximate surface area is 115 Å². The average molecular weight is 312 g/mol. The lowest BCUT2D eigenvalue weighted by Gasteiger charge is -1.82. The lowest BCUT2D eigenvalue weighted by molar-refractivity contribution is 0.482. The van der Waals surface area contributed by atoms with Gasteiger partial charge < -0.3 is 0 Å². The highest BCUT2D eigenvalue weighted by molar-refractivity contribution is 7.85. The van der Waals surface area contributed by atoms with Crippen LogP contribution in [0.15, 0.2) is 30.3 Å². The quantitative estimate of drug-likeness (QED) is 0.806. The molecule has 0 amide bonds. The van der Waals surface area contributed by atoms with Crippen molar-refractivity contribution in [1.29, 1.82) is 0 Å². The summed E-state index contributed by atoms with van der Waals surface area (Å²) in [5, 5.41) is 0. The molecule has 0 spiro atoms. The predicted molar refractivity (Wildman–Crippen MR) is 75.4 cm³/mol. The van der Waals surface area contributed by atoms with E-state index in [2.05, 4.69) is 19.1 Å². The normalized spacial score (nSPS) is 10.6. The highest BCUT2D eigenvalue weighted by atomic mass is 32.2. The molecule has 0 unspecified atom stereocenters. The molecular formula is C11H20O6S2. The van der Waals surface area contributed by atoms with Crippen molar-refractivity contribution in [2.24, 2.45) is 0 Å². The van der Waals surface area contributed by atoms with Gasteiger partial charge in [0.15, 0.2) is 0 Å². The number of rotatable bonds is 2. The molecule has 0 fully saturated rings. The first-order chi connectivity index (χ1) is 8.52. The van der Waals surface area contributed by atoms with Crippen LogP contribution in [0.5, 0.6) is 0 Å². The van der Waals surface area contributed by atoms with Crippen molar-refractivity contribution >= 4 is 20.2 Å². The van der Waals surface area contributed by atoms with E-state index in [9.17, 15) is 16.8 Å². The fraction of sp³-hybridized carbons (Fsp3) is 0.455. The van der Waals surface area contributed by atoms with Gasteiger partial charge in [0.05, 0.1) is 11.5 Å². The second-order valence-electron chi connectivity index (χ2n) is 3.40. The Balaban J connectivity index is 0. The lowest BCUT2D eigenvalue weighted by atomic mass is 10.2. The van der Waals surface area contributed by atoms with E-state index in [-0.39, 0.29) is 11.5 Å². The van der Waals surface area contributed by atoms with Gasteiger partial charge in [-0.25, -0.2) is 0 Å². The van der Waals surface area contributed by atoms with Gasteiger partial charge in [-0.15, -0.1) is 0 Å². The second kappa shape index (κ2) is 9.90. The molecule has 2 N–H and O–H groups in total. The number of benzene rings is 1. The van der Waals surface area contributed by atoms with Gasteiger partial charge in [-0.05, 0) is 20.8 Å². The van der Waals surface area contributed by atoms with E-state index in [4.69, 9.17) is 9.11 Å². The van der Waals surface area contributed by atoms with E-state index in [0.29, 0.717) is 0 Å². The molecule has 19 heavy (non-hydrogen) atoms. The molecule has 0 radical (unpaired) electrons. The first-order valence-corrected chi connectivity index (χ1v) is 8.65. The predicted octanol–water partition coefficient (Wildman–Crippen LogP) is 1.78. The SMILES string of the molecule is CCS(=O)(=O)O.CCS(=O)(=O)O.Cc1ccccc1. The van der Waals surface area contributed by atoms with Crippen molar-refractivity contribution in [2.75, 3.05) is 11.5 Å². The van der Waals surface area contributed by atoms with Gasteiger partial charge in [0, 0.05) is 0 Å². The maximum absolute atomic E-state index is 9.56. The fourth-order valence-corrected chi connectivity index (χ4v) is 0.534. The highest BCUT2D eigenvalue weighted by Crippen LogP contribution is 1.92. The monoisotopic (exact) mass is 312 g/mol. The van der Waals surface area contributed by atoms with Crippen LogP contribution in [0.2, 0.25) is 0 Å². The summed E-state index contributed by atoms with van der Waals surface area (Å²) in [4.78, 5) is 0. The molecule has 6 nitrogen and oxygen atoms in total. The first-order valence-electron chi connectivity index (χ1n) is 5.43. The Morgan fingerprint density at radius 3 is 1.21 bits per heavy atom. The maximum Gasteiger partial charge on any atom is 0.264 e. The van der Waals surface area contributed by atoms with E-state index < -0.39 is 20.2 Å². The van der Waals surface area contributed by atoms with E-state index in [1.54, 1.807) is 0 Å². The molecule has 0 aliphatic rings. The summed E-state index contributed by atoms with van der Waals surface area (Å²) in [6.45, 7) is 4.82. The third kappa shape index (κ3) is 22.7. The largest absolute Gasteiger partial charge is 0.286 e. The molecule has 0 aliphatic heterocycles. The summed E-state index contributed by atoms with van der Waals surface area (Å²) in [7, 11) is -7.32. The minimum absolute atomic E-state index is 0.201. The number of hydrogen-bond acceptors (Lipinski definition) is 4. The molecule has 1 rings (SSSR count). The van der Waals surface area contributed by atoms with Crippen LogP contribution in [-0.4, -0.2) is 37.4 Å². The minimum Gasteiger partial charge on any atom is -0.286 e. The van der Waals surface area contributed by atoms with Crippen LogP contribution < -0.4 is 0 Å². The van der Waals surface area contributed by atoms with Gasteiger partial charge >= 0.3 is 0 Å². The summed E-state index contributed by atoms with van der Waals surface area (Å²) in [6.07, 6.45) is 0. The molecule has 0 atom stereocenters. The summed E-state index contributed by atoms with van der Waals surface area (Å²) in [5.41, 5.74) is 1.32. The van der Waals surface area contributed by atoms with E-state index >= 15 is 0 Å². The van der Waals surface area contributed by atoms with Crippen LogP contribution in [0.1, 0.15) is 19.4 Å². The Morgan fingerprint density at radius 2 is 1.11 bits per heavy atom. The van der Waals surface area contributed by atoms with Crippen LogP contribution >= 0.6 is 0 Å². The standard InChI is InChI=1S/C7H8.2C2H6O3S/c1-7-5-3-2-4-6-7;2*1-2-6(3,4)5/h2-6H,1H3;2*2H2,1H3,(H,3,4,5). The van der Waals surface area contributed by atoms with Gasteiger partial charge in [-0.1, -0.05) is 35.9 Å². The molecule has 1 aromatic carbocycles. The van der Waals surface area contributed by atoms with Crippen molar-refractivity contribution in [3.05, 3.63) is 35.9 Å². The summed E-state index contributed by atoms with van der Waals surface area (Å²) >= 11 is 0. The molecule has 112 valence electrons. The Kier molecular flexibility index (Phi) is 10.6. The summed E-state index contributed by atoms with van der Waals surface area (Å²) in [6, 6.07) is 10.3. The maximum atomic E-state index is 9.56. The minimum atomic E-state index is -3.66. The topological polar surface area (TPSA) is 109 Å².